The van der Waals surface area contributed by atoms with Gasteiger partial charge in [0, 0.05) is 25.6 Å². The Morgan fingerprint density at radius 3 is 2.81 bits per heavy atom. The largest absolute Gasteiger partial charge is 0.480 e. The third-order valence-corrected chi connectivity index (χ3v) is 5.79. The number of piperidine rings is 1. The summed E-state index contributed by atoms with van der Waals surface area (Å²) in [4.78, 5) is 13.3. The van der Waals surface area contributed by atoms with E-state index >= 15 is 0 Å². The number of likely N-dealkylation sites (tertiary alicyclic amines) is 1. The molecule has 5 nitrogen and oxygen atoms in total. The maximum absolute atomic E-state index is 11.3. The first-order chi connectivity index (χ1) is 10.0. The van der Waals surface area contributed by atoms with Crippen molar-refractivity contribution in [2.45, 2.75) is 57.2 Å². The highest BCUT2D eigenvalue weighted by molar-refractivity contribution is 5.74. The zero-order chi connectivity index (χ0) is 15.0. The predicted octanol–water partition coefficient (Wildman–Crippen LogP) is 0.920. The molecular weight excluding hydrogens is 268 g/mol. The summed E-state index contributed by atoms with van der Waals surface area (Å²) < 4.78 is 0. The van der Waals surface area contributed by atoms with Crippen LogP contribution < -0.4 is 5.32 Å². The Kier molecular flexibility index (Phi) is 4.52. The van der Waals surface area contributed by atoms with Gasteiger partial charge in [0.05, 0.1) is 6.10 Å². The van der Waals surface area contributed by atoms with E-state index in [9.17, 15) is 15.0 Å². The lowest BCUT2D eigenvalue weighted by Crippen LogP contribution is -2.46. The summed E-state index contributed by atoms with van der Waals surface area (Å²) in [6.07, 6.45) is 4.87. The second-order valence-electron chi connectivity index (χ2n) is 7.44. The monoisotopic (exact) mass is 296 g/mol. The minimum absolute atomic E-state index is 0.384. The first kappa shape index (κ1) is 15.3. The number of β-amino-alcohol motifs (C(OH)–C–C–N with tert-alkyl or cyclic N) is 1. The minimum Gasteiger partial charge on any atom is -0.480 e. The number of rotatable bonds is 3. The topological polar surface area (TPSA) is 72.8 Å². The third kappa shape index (κ3) is 3.41. The molecule has 0 aromatic rings. The molecule has 21 heavy (non-hydrogen) atoms. The normalized spacial score (nSPS) is 44.5. The predicted molar refractivity (Wildman–Crippen MR) is 80.0 cm³/mol. The number of fused-ring (bicyclic) bond motifs is 1. The summed E-state index contributed by atoms with van der Waals surface area (Å²) in [5.41, 5.74) is 0. The van der Waals surface area contributed by atoms with Crippen LogP contribution in [-0.4, -0.2) is 58.9 Å². The maximum atomic E-state index is 11.3. The van der Waals surface area contributed by atoms with E-state index < -0.39 is 18.1 Å². The van der Waals surface area contributed by atoms with Crippen LogP contribution in [0.1, 0.15) is 39.0 Å². The highest BCUT2D eigenvalue weighted by Gasteiger charge is 2.39. The van der Waals surface area contributed by atoms with Crippen LogP contribution in [0.4, 0.5) is 0 Å². The van der Waals surface area contributed by atoms with Crippen LogP contribution >= 0.6 is 0 Å². The van der Waals surface area contributed by atoms with E-state index in [1.54, 1.807) is 0 Å². The molecule has 3 rings (SSSR count). The molecule has 5 heteroatoms. The van der Waals surface area contributed by atoms with E-state index in [4.69, 9.17) is 0 Å². The molecule has 1 aliphatic carbocycles. The summed E-state index contributed by atoms with van der Waals surface area (Å²) >= 11 is 0. The van der Waals surface area contributed by atoms with E-state index in [1.165, 1.54) is 25.7 Å². The number of carbonyl (C=O) groups is 1. The molecule has 0 amide bonds. The van der Waals surface area contributed by atoms with Crippen molar-refractivity contribution < 1.29 is 15.0 Å². The number of aliphatic carboxylic acids is 1. The molecule has 0 aromatic carbocycles. The minimum atomic E-state index is -0.782. The van der Waals surface area contributed by atoms with Crippen molar-refractivity contribution in [3.63, 3.8) is 0 Å². The zero-order valence-corrected chi connectivity index (χ0v) is 12.9. The van der Waals surface area contributed by atoms with E-state index in [-0.39, 0.29) is 0 Å². The molecule has 6 atom stereocenters. The van der Waals surface area contributed by atoms with Gasteiger partial charge in [-0.25, -0.2) is 0 Å². The zero-order valence-electron chi connectivity index (χ0n) is 12.9. The Balaban J connectivity index is 1.57. The Morgan fingerprint density at radius 1 is 1.24 bits per heavy atom. The van der Waals surface area contributed by atoms with Gasteiger partial charge in [-0.05, 0) is 56.9 Å². The number of carboxylic acids is 1. The fraction of sp³-hybridized carbons (Fsp3) is 0.938. The number of nitrogens with zero attached hydrogens (tertiary/aromatic N) is 1. The van der Waals surface area contributed by atoms with Crippen molar-refractivity contribution in [3.05, 3.63) is 0 Å². The van der Waals surface area contributed by atoms with Gasteiger partial charge in [-0.15, -0.1) is 0 Å². The van der Waals surface area contributed by atoms with Crippen molar-refractivity contribution in [2.24, 2.45) is 17.8 Å². The molecule has 0 radical (unpaired) electrons. The van der Waals surface area contributed by atoms with Gasteiger partial charge < -0.3 is 15.5 Å². The van der Waals surface area contributed by atoms with Crippen molar-refractivity contribution in [3.8, 4) is 0 Å². The Bertz CT molecular complexity index is 390. The Labute approximate surface area is 126 Å². The van der Waals surface area contributed by atoms with Crippen LogP contribution in [0.3, 0.4) is 0 Å². The van der Waals surface area contributed by atoms with Gasteiger partial charge in [-0.1, -0.05) is 0 Å². The van der Waals surface area contributed by atoms with Crippen molar-refractivity contribution >= 4 is 5.97 Å². The first-order valence-corrected chi connectivity index (χ1v) is 8.41. The van der Waals surface area contributed by atoms with E-state index in [0.717, 1.165) is 24.9 Å². The van der Waals surface area contributed by atoms with Crippen LogP contribution in [0, 0.1) is 17.8 Å². The molecule has 2 aliphatic heterocycles. The lowest BCUT2D eigenvalue weighted by atomic mass is 9.70. The lowest BCUT2D eigenvalue weighted by molar-refractivity contribution is -0.142. The fourth-order valence-electron chi connectivity index (χ4n) is 4.71. The Morgan fingerprint density at radius 2 is 2.05 bits per heavy atom. The molecule has 0 aromatic heterocycles. The molecule has 3 N–H and O–H groups in total. The molecule has 3 aliphatic rings. The van der Waals surface area contributed by atoms with Gasteiger partial charge >= 0.3 is 5.97 Å². The number of nitrogens with one attached hydrogen (secondary N) is 1. The summed E-state index contributed by atoms with van der Waals surface area (Å²) in [7, 11) is 0. The molecule has 0 bridgehead atoms. The summed E-state index contributed by atoms with van der Waals surface area (Å²) in [6.45, 7) is 4.79. The fourth-order valence-corrected chi connectivity index (χ4v) is 4.71. The maximum Gasteiger partial charge on any atom is 0.321 e. The quantitative estimate of drug-likeness (QED) is 0.722. The molecular formula is C16H28N2O3. The summed E-state index contributed by atoms with van der Waals surface area (Å²) in [5.74, 6) is 1.44. The molecule has 2 heterocycles. The van der Waals surface area contributed by atoms with E-state index in [2.05, 4.69) is 12.2 Å². The van der Waals surface area contributed by atoms with Crippen molar-refractivity contribution in [1.29, 1.82) is 0 Å². The van der Waals surface area contributed by atoms with Gasteiger partial charge in [0.2, 0.25) is 0 Å². The molecule has 0 unspecified atom stereocenters. The molecule has 120 valence electrons. The number of hydrogen-bond donors (Lipinski definition) is 3. The highest BCUT2D eigenvalue weighted by Crippen LogP contribution is 2.39. The number of hydrogen-bond acceptors (Lipinski definition) is 4. The lowest BCUT2D eigenvalue weighted by Gasteiger charge is -2.43. The van der Waals surface area contributed by atoms with Gasteiger partial charge in [0.25, 0.3) is 0 Å². The number of carboxylic acid groups (broad SMARTS) is 1. The average molecular weight is 296 g/mol. The summed E-state index contributed by atoms with van der Waals surface area (Å²) in [5, 5.41) is 22.6. The van der Waals surface area contributed by atoms with Gasteiger partial charge in [0.1, 0.15) is 6.04 Å². The van der Waals surface area contributed by atoms with Crippen molar-refractivity contribution in [1.82, 2.24) is 10.2 Å². The average Bonchev–Trinajstić information content (AvgIpc) is 2.79. The molecule has 0 spiro atoms. The van der Waals surface area contributed by atoms with Gasteiger partial charge in [-0.3, -0.25) is 9.69 Å². The number of aliphatic hydroxyl groups is 1. The van der Waals surface area contributed by atoms with Crippen molar-refractivity contribution in [2.75, 3.05) is 19.6 Å². The third-order valence-electron chi connectivity index (χ3n) is 5.79. The van der Waals surface area contributed by atoms with Crippen LogP contribution in [0.2, 0.25) is 0 Å². The van der Waals surface area contributed by atoms with E-state index in [0.29, 0.717) is 24.9 Å². The SMILES string of the molecule is C[C@@H]1C[C@H]2C[C@@H](CN3C[C@H](O)C[C@H]3C(=O)O)CC[C@H]2CN1. The second-order valence-corrected chi connectivity index (χ2v) is 7.44. The first-order valence-electron chi connectivity index (χ1n) is 8.41. The van der Waals surface area contributed by atoms with Crippen LogP contribution in [0.5, 0.6) is 0 Å². The Hall–Kier alpha value is -0.650. The molecule has 3 fully saturated rings. The molecule has 2 saturated heterocycles. The smallest absolute Gasteiger partial charge is 0.321 e. The van der Waals surface area contributed by atoms with Crippen LogP contribution in [0.25, 0.3) is 0 Å². The molecule has 1 saturated carbocycles. The van der Waals surface area contributed by atoms with Gasteiger partial charge in [0.15, 0.2) is 0 Å². The standard InChI is InChI=1S/C16H28N2O3/c1-10-4-13-5-11(2-3-12(13)7-17-10)8-18-9-14(19)6-15(18)16(20)21/h10-15,17,19H,2-9H2,1H3,(H,20,21)/t10-,11+,12+,13+,14-,15+/m1/s1. The van der Waals surface area contributed by atoms with Crippen LogP contribution in [0.15, 0.2) is 0 Å². The van der Waals surface area contributed by atoms with E-state index in [1.807, 2.05) is 4.90 Å². The second kappa shape index (κ2) is 6.23. The number of aliphatic hydroxyl groups excluding tert-OH is 1. The summed E-state index contributed by atoms with van der Waals surface area (Å²) in [6, 6.07) is 0.134. The van der Waals surface area contributed by atoms with Gasteiger partial charge in [-0.2, -0.15) is 0 Å². The highest BCUT2D eigenvalue weighted by atomic mass is 16.4. The van der Waals surface area contributed by atoms with Crippen LogP contribution in [-0.2, 0) is 4.79 Å².